The first kappa shape index (κ1) is 29.1. The Bertz CT molecular complexity index is 1590. The molecule has 2 aliphatic heterocycles. The van der Waals surface area contributed by atoms with Crippen LogP contribution in [-0.4, -0.2) is 58.6 Å². The number of carbonyl (C=O) groups excluding carboxylic acids is 1. The SMILES string of the molecule is Cc1cc(C2CC2)c(CN2CCC3(CC2)CC(C#N)C3)c2cc[nH]c12.O=C(NC1(C(=O)O)CC2(CNC2)C1)c1ccccc1. The second kappa shape index (κ2) is 11.0. The number of rotatable bonds is 6. The number of H-pyrrole nitrogens is 1. The Balaban J connectivity index is 0.000000148. The van der Waals surface area contributed by atoms with E-state index in [2.05, 4.69) is 51.8 Å². The number of aryl methyl sites for hydroxylation is 1. The maximum Gasteiger partial charge on any atom is 0.329 e. The Hall–Kier alpha value is -3.67. The zero-order valence-electron chi connectivity index (χ0n) is 25.6. The highest BCUT2D eigenvalue weighted by Gasteiger charge is 2.62. The molecule has 3 heterocycles. The number of carboxylic acid groups (broad SMARTS) is 1. The molecular formula is C36H43N5O3. The lowest BCUT2D eigenvalue weighted by atomic mass is 9.54. The van der Waals surface area contributed by atoms with Gasteiger partial charge in [-0.3, -0.25) is 9.69 Å². The summed E-state index contributed by atoms with van der Waals surface area (Å²) < 4.78 is 0. The van der Waals surface area contributed by atoms with E-state index in [1.165, 1.54) is 55.2 Å². The molecule has 8 rings (SSSR count). The minimum Gasteiger partial charge on any atom is -0.480 e. The number of fused-ring (bicyclic) bond motifs is 1. The van der Waals surface area contributed by atoms with Crippen LogP contribution in [0.2, 0.25) is 0 Å². The molecule has 230 valence electrons. The molecule has 2 aromatic carbocycles. The Morgan fingerprint density at radius 2 is 1.77 bits per heavy atom. The molecule has 8 heteroatoms. The van der Waals surface area contributed by atoms with Crippen molar-refractivity contribution >= 4 is 22.8 Å². The standard InChI is InChI=1S/C22H27N3.C14H16N2O3/c1-15-10-19(17-2-3-17)20(18-4-7-24-21(15)18)14-25-8-5-22(6-9-25)11-16(12-22)13-23;17-11(10-4-2-1-3-5-10)16-14(12(18)19)6-13(7-14)8-15-9-13/h4,7,10,16-17,24H,2-3,5-6,8-9,11-12,14H2,1H3;1-5,15H,6-9H2,(H,16,17)(H,18,19). The van der Waals surface area contributed by atoms with Gasteiger partial charge >= 0.3 is 5.97 Å². The number of benzene rings is 2. The van der Waals surface area contributed by atoms with Crippen LogP contribution in [0.15, 0.2) is 48.7 Å². The third kappa shape index (κ3) is 5.31. The second-order valence-corrected chi connectivity index (χ2v) is 14.5. The van der Waals surface area contributed by atoms with Gasteiger partial charge in [0.2, 0.25) is 0 Å². The number of carbonyl (C=O) groups is 2. The lowest BCUT2D eigenvalue weighted by Gasteiger charge is -2.59. The Kier molecular flexibility index (Phi) is 7.30. The highest BCUT2D eigenvalue weighted by molar-refractivity contribution is 5.98. The fourth-order valence-corrected chi connectivity index (χ4v) is 8.45. The first-order chi connectivity index (χ1) is 21.2. The van der Waals surface area contributed by atoms with E-state index in [1.54, 1.807) is 35.4 Å². The van der Waals surface area contributed by atoms with Gasteiger partial charge in [0, 0.05) is 53.6 Å². The molecule has 3 saturated carbocycles. The molecule has 2 spiro atoms. The summed E-state index contributed by atoms with van der Waals surface area (Å²) in [6, 6.07) is 15.9. The van der Waals surface area contributed by atoms with Gasteiger partial charge in [0.1, 0.15) is 5.54 Å². The molecule has 1 aromatic heterocycles. The van der Waals surface area contributed by atoms with E-state index in [4.69, 9.17) is 5.26 Å². The van der Waals surface area contributed by atoms with Crippen molar-refractivity contribution in [2.24, 2.45) is 16.7 Å². The fraction of sp³-hybridized carbons (Fsp3) is 0.528. The van der Waals surface area contributed by atoms with Gasteiger partial charge in [-0.2, -0.15) is 5.26 Å². The summed E-state index contributed by atoms with van der Waals surface area (Å²) in [6.45, 7) is 7.43. The van der Waals surface area contributed by atoms with Gasteiger partial charge in [0.15, 0.2) is 0 Å². The molecule has 0 radical (unpaired) electrons. The van der Waals surface area contributed by atoms with Gasteiger partial charge in [-0.15, -0.1) is 0 Å². The number of piperidine rings is 1. The Labute approximate surface area is 259 Å². The van der Waals surface area contributed by atoms with E-state index >= 15 is 0 Å². The molecular weight excluding hydrogens is 550 g/mol. The number of nitrogens with zero attached hydrogens (tertiary/aromatic N) is 2. The van der Waals surface area contributed by atoms with Gasteiger partial charge < -0.3 is 20.7 Å². The molecule has 3 aromatic rings. The number of aliphatic carboxylic acids is 1. The summed E-state index contributed by atoms with van der Waals surface area (Å²) in [5.74, 6) is -0.115. The van der Waals surface area contributed by atoms with E-state index in [9.17, 15) is 14.7 Å². The van der Waals surface area contributed by atoms with Gasteiger partial charge in [0.05, 0.1) is 6.07 Å². The first-order valence-corrected chi connectivity index (χ1v) is 16.3. The van der Waals surface area contributed by atoms with Crippen LogP contribution in [0.5, 0.6) is 0 Å². The summed E-state index contributed by atoms with van der Waals surface area (Å²) in [6.07, 6.45) is 10.7. The number of hydrogen-bond acceptors (Lipinski definition) is 5. The molecule has 3 aliphatic carbocycles. The topological polar surface area (TPSA) is 121 Å². The van der Waals surface area contributed by atoms with Crippen molar-refractivity contribution in [3.8, 4) is 6.07 Å². The Morgan fingerprint density at radius 3 is 2.36 bits per heavy atom. The maximum atomic E-state index is 12.1. The zero-order valence-corrected chi connectivity index (χ0v) is 25.6. The maximum absolute atomic E-state index is 12.1. The minimum absolute atomic E-state index is 0.0857. The molecule has 0 atom stereocenters. The van der Waals surface area contributed by atoms with Crippen molar-refractivity contribution in [1.29, 1.82) is 5.26 Å². The lowest BCUT2D eigenvalue weighted by Crippen LogP contribution is -2.74. The smallest absolute Gasteiger partial charge is 0.329 e. The number of carboxylic acids is 1. The van der Waals surface area contributed by atoms with Crippen molar-refractivity contribution in [3.63, 3.8) is 0 Å². The van der Waals surface area contributed by atoms with Crippen LogP contribution in [0.25, 0.3) is 10.9 Å². The van der Waals surface area contributed by atoms with Crippen LogP contribution < -0.4 is 10.6 Å². The van der Waals surface area contributed by atoms with Gasteiger partial charge in [-0.25, -0.2) is 4.79 Å². The summed E-state index contributed by atoms with van der Waals surface area (Å²) in [4.78, 5) is 29.7. The normalized spacial score (nSPS) is 25.2. The largest absolute Gasteiger partial charge is 0.480 e. The van der Waals surface area contributed by atoms with Crippen LogP contribution in [0, 0.1) is 35.0 Å². The van der Waals surface area contributed by atoms with E-state index in [-0.39, 0.29) is 11.3 Å². The van der Waals surface area contributed by atoms with Crippen molar-refractivity contribution < 1.29 is 14.7 Å². The highest BCUT2D eigenvalue weighted by Crippen LogP contribution is 2.53. The molecule has 5 fully saturated rings. The lowest BCUT2D eigenvalue weighted by molar-refractivity contribution is -0.158. The van der Waals surface area contributed by atoms with Crippen LogP contribution >= 0.6 is 0 Å². The predicted octanol–water partition coefficient (Wildman–Crippen LogP) is 5.49. The summed E-state index contributed by atoms with van der Waals surface area (Å²) in [5.41, 5.74) is 5.89. The zero-order chi connectivity index (χ0) is 30.5. The molecule has 4 N–H and O–H groups in total. The van der Waals surface area contributed by atoms with Crippen LogP contribution in [-0.2, 0) is 11.3 Å². The van der Waals surface area contributed by atoms with Crippen molar-refractivity contribution in [2.75, 3.05) is 26.2 Å². The molecule has 5 aliphatic rings. The minimum atomic E-state index is -1.09. The molecule has 2 saturated heterocycles. The molecule has 0 unspecified atom stereocenters. The number of hydrogen-bond donors (Lipinski definition) is 4. The number of nitriles is 1. The molecule has 1 amide bonds. The van der Waals surface area contributed by atoms with Gasteiger partial charge in [-0.05, 0) is 118 Å². The molecule has 8 nitrogen and oxygen atoms in total. The third-order valence-corrected chi connectivity index (χ3v) is 11.2. The average molecular weight is 594 g/mol. The van der Waals surface area contributed by atoms with E-state index in [1.807, 2.05) is 6.07 Å². The highest BCUT2D eigenvalue weighted by atomic mass is 16.4. The predicted molar refractivity (Wildman–Crippen MR) is 169 cm³/mol. The van der Waals surface area contributed by atoms with Gasteiger partial charge in [0.25, 0.3) is 5.91 Å². The number of aromatic nitrogens is 1. The van der Waals surface area contributed by atoms with E-state index in [0.29, 0.717) is 29.7 Å². The van der Waals surface area contributed by atoms with Crippen LogP contribution in [0.3, 0.4) is 0 Å². The third-order valence-electron chi connectivity index (χ3n) is 11.2. The second-order valence-electron chi connectivity index (χ2n) is 14.5. The summed E-state index contributed by atoms with van der Waals surface area (Å²) >= 11 is 0. The summed E-state index contributed by atoms with van der Waals surface area (Å²) in [7, 11) is 0. The van der Waals surface area contributed by atoms with Crippen molar-refractivity contribution in [3.05, 3.63) is 70.9 Å². The van der Waals surface area contributed by atoms with Gasteiger partial charge in [-0.1, -0.05) is 24.3 Å². The van der Waals surface area contributed by atoms with Crippen molar-refractivity contribution in [1.82, 2.24) is 20.5 Å². The van der Waals surface area contributed by atoms with Crippen molar-refractivity contribution in [2.45, 2.75) is 76.3 Å². The number of aromatic amines is 1. The number of nitrogens with one attached hydrogen (secondary N) is 3. The Morgan fingerprint density at radius 1 is 1.07 bits per heavy atom. The molecule has 0 bridgehead atoms. The van der Waals surface area contributed by atoms with E-state index < -0.39 is 11.5 Å². The number of amides is 1. The summed E-state index contributed by atoms with van der Waals surface area (Å²) in [5, 5.41) is 25.8. The first-order valence-electron chi connectivity index (χ1n) is 16.3. The quantitative estimate of drug-likeness (QED) is 0.300. The average Bonchev–Trinajstić information content (AvgIpc) is 3.70. The van der Waals surface area contributed by atoms with E-state index in [0.717, 1.165) is 38.4 Å². The molecule has 44 heavy (non-hydrogen) atoms. The number of likely N-dealkylation sites (tertiary alicyclic amines) is 1. The fourth-order valence-electron chi connectivity index (χ4n) is 8.45. The monoisotopic (exact) mass is 593 g/mol. The van der Waals surface area contributed by atoms with Crippen LogP contribution in [0.4, 0.5) is 0 Å². The van der Waals surface area contributed by atoms with Crippen LogP contribution in [0.1, 0.15) is 84.3 Å².